The number of rotatable bonds is 5. The monoisotopic (exact) mass is 257 g/mol. The van der Waals surface area contributed by atoms with Gasteiger partial charge in [-0.2, -0.15) is 0 Å². The number of pyridine rings is 1. The van der Waals surface area contributed by atoms with Crippen molar-refractivity contribution in [3.63, 3.8) is 0 Å². The fraction of sp³-hybridized carbons (Fsp3) is 0.545. The molecule has 0 atom stereocenters. The maximum atomic E-state index is 11.4. The predicted octanol–water partition coefficient (Wildman–Crippen LogP) is 0.975. The Kier molecular flexibility index (Phi) is 4.47. The number of anilines is 1. The van der Waals surface area contributed by atoms with Crippen molar-refractivity contribution in [1.82, 2.24) is 10.3 Å². The lowest BCUT2D eigenvalue weighted by Crippen LogP contribution is -2.26. The topological polar surface area (TPSA) is 62.3 Å². The first-order valence-corrected chi connectivity index (χ1v) is 7.27. The molecule has 1 aromatic heterocycles. The Hall–Kier alpha value is -1.14. The van der Waals surface area contributed by atoms with Crippen molar-refractivity contribution >= 4 is 15.8 Å². The molecule has 1 rings (SSSR count). The summed E-state index contributed by atoms with van der Waals surface area (Å²) in [5, 5.41) is 3.27. The summed E-state index contributed by atoms with van der Waals surface area (Å²) in [4.78, 5) is 4.05. The summed E-state index contributed by atoms with van der Waals surface area (Å²) in [6.07, 6.45) is 2.78. The van der Waals surface area contributed by atoms with Gasteiger partial charge in [-0.05, 0) is 17.7 Å². The molecule has 1 aromatic rings. The predicted molar refractivity (Wildman–Crippen MR) is 69.5 cm³/mol. The number of sulfonamides is 1. The number of hydrogen-bond donors (Lipinski definition) is 1. The van der Waals surface area contributed by atoms with Crippen LogP contribution in [0, 0.1) is 0 Å². The molecule has 0 bridgehead atoms. The van der Waals surface area contributed by atoms with E-state index in [1.54, 1.807) is 12.3 Å². The molecule has 0 saturated heterocycles. The second kappa shape index (κ2) is 5.46. The molecule has 0 aromatic carbocycles. The Morgan fingerprint density at radius 2 is 2.12 bits per heavy atom. The Bertz CT molecular complexity index is 471. The smallest absolute Gasteiger partial charge is 0.233 e. The van der Waals surface area contributed by atoms with Gasteiger partial charge in [-0.3, -0.25) is 4.31 Å². The quantitative estimate of drug-likeness (QED) is 0.854. The largest absolute Gasteiger partial charge is 0.310 e. The standard InChI is InChI=1S/C11H19N3O2S/c1-9(2)13-8-10-5-6-12-11(7-10)14(3)17(4,15)16/h5-7,9,13H,8H2,1-4H3. The lowest BCUT2D eigenvalue weighted by atomic mass is 10.2. The van der Waals surface area contributed by atoms with E-state index in [0.717, 1.165) is 11.8 Å². The Morgan fingerprint density at radius 3 is 2.65 bits per heavy atom. The van der Waals surface area contributed by atoms with E-state index in [9.17, 15) is 8.42 Å². The molecule has 1 heterocycles. The summed E-state index contributed by atoms with van der Waals surface area (Å²) >= 11 is 0. The summed E-state index contributed by atoms with van der Waals surface area (Å²) in [6.45, 7) is 4.82. The van der Waals surface area contributed by atoms with Crippen LogP contribution in [0.5, 0.6) is 0 Å². The zero-order valence-corrected chi connectivity index (χ0v) is 11.5. The first kappa shape index (κ1) is 13.9. The first-order chi connectivity index (χ1) is 7.80. The van der Waals surface area contributed by atoms with E-state index in [1.165, 1.54) is 11.4 Å². The highest BCUT2D eigenvalue weighted by atomic mass is 32.2. The zero-order chi connectivity index (χ0) is 13.1. The maximum Gasteiger partial charge on any atom is 0.233 e. The molecule has 0 amide bonds. The average Bonchev–Trinajstić information content (AvgIpc) is 2.24. The van der Waals surface area contributed by atoms with Crippen molar-refractivity contribution in [3.05, 3.63) is 23.9 Å². The highest BCUT2D eigenvalue weighted by molar-refractivity contribution is 7.92. The molecule has 0 radical (unpaired) electrons. The third-order valence-corrected chi connectivity index (χ3v) is 3.53. The molecule has 1 N–H and O–H groups in total. The molecule has 6 heteroatoms. The SMILES string of the molecule is CC(C)NCc1ccnc(N(C)S(C)(=O)=O)c1. The van der Waals surface area contributed by atoms with Crippen molar-refractivity contribution in [2.45, 2.75) is 26.4 Å². The normalized spacial score (nSPS) is 11.8. The number of hydrogen-bond acceptors (Lipinski definition) is 4. The van der Waals surface area contributed by atoms with Crippen LogP contribution in [0.2, 0.25) is 0 Å². The molecule has 0 saturated carbocycles. The van der Waals surface area contributed by atoms with Gasteiger partial charge in [-0.25, -0.2) is 13.4 Å². The minimum atomic E-state index is -3.25. The molecule has 0 unspecified atom stereocenters. The van der Waals surface area contributed by atoms with Gasteiger partial charge in [0.2, 0.25) is 10.0 Å². The molecule has 0 aliphatic rings. The summed E-state index contributed by atoms with van der Waals surface area (Å²) in [5.74, 6) is 0.440. The second-order valence-corrected chi connectivity index (χ2v) is 6.30. The van der Waals surface area contributed by atoms with Gasteiger partial charge in [0, 0.05) is 25.8 Å². The maximum absolute atomic E-state index is 11.4. The van der Waals surface area contributed by atoms with Gasteiger partial charge in [-0.15, -0.1) is 0 Å². The first-order valence-electron chi connectivity index (χ1n) is 5.43. The Labute approximate surface area is 103 Å². The molecule has 0 aliphatic carbocycles. The minimum Gasteiger partial charge on any atom is -0.310 e. The van der Waals surface area contributed by atoms with E-state index in [2.05, 4.69) is 24.1 Å². The number of aromatic nitrogens is 1. The van der Waals surface area contributed by atoms with Gasteiger partial charge in [0.05, 0.1) is 6.26 Å². The number of nitrogens with one attached hydrogen (secondary N) is 1. The third-order valence-electron chi connectivity index (χ3n) is 2.34. The summed E-state index contributed by atoms with van der Waals surface area (Å²) in [7, 11) is -1.76. The van der Waals surface area contributed by atoms with E-state index in [1.807, 2.05) is 6.07 Å². The second-order valence-electron chi connectivity index (χ2n) is 4.29. The van der Waals surface area contributed by atoms with Gasteiger partial charge in [0.25, 0.3) is 0 Å². The van der Waals surface area contributed by atoms with Crippen molar-refractivity contribution in [2.24, 2.45) is 0 Å². The lowest BCUT2D eigenvalue weighted by Gasteiger charge is -2.16. The molecular weight excluding hydrogens is 238 g/mol. The average molecular weight is 257 g/mol. The Balaban J connectivity index is 2.86. The van der Waals surface area contributed by atoms with E-state index in [4.69, 9.17) is 0 Å². The van der Waals surface area contributed by atoms with Crippen LogP contribution in [0.15, 0.2) is 18.3 Å². The fourth-order valence-corrected chi connectivity index (χ4v) is 1.67. The molecule has 96 valence electrons. The van der Waals surface area contributed by atoms with Gasteiger partial charge in [0.15, 0.2) is 0 Å². The van der Waals surface area contributed by atoms with Gasteiger partial charge in [-0.1, -0.05) is 13.8 Å². The van der Waals surface area contributed by atoms with Crippen LogP contribution in [-0.2, 0) is 16.6 Å². The van der Waals surface area contributed by atoms with E-state index in [0.29, 0.717) is 18.4 Å². The van der Waals surface area contributed by atoms with Crippen LogP contribution < -0.4 is 9.62 Å². The number of nitrogens with zero attached hydrogens (tertiary/aromatic N) is 2. The highest BCUT2D eigenvalue weighted by Crippen LogP contribution is 2.13. The molecule has 0 fully saturated rings. The van der Waals surface area contributed by atoms with Gasteiger partial charge < -0.3 is 5.32 Å². The van der Waals surface area contributed by atoms with Gasteiger partial charge in [0.1, 0.15) is 5.82 Å². The molecular formula is C11H19N3O2S. The van der Waals surface area contributed by atoms with Crippen molar-refractivity contribution < 1.29 is 8.42 Å². The Morgan fingerprint density at radius 1 is 1.47 bits per heavy atom. The van der Waals surface area contributed by atoms with Crippen LogP contribution >= 0.6 is 0 Å². The lowest BCUT2D eigenvalue weighted by molar-refractivity contribution is 0.588. The van der Waals surface area contributed by atoms with Crippen LogP contribution in [0.4, 0.5) is 5.82 Å². The van der Waals surface area contributed by atoms with Crippen molar-refractivity contribution in [1.29, 1.82) is 0 Å². The summed E-state index contributed by atoms with van der Waals surface area (Å²) in [6, 6.07) is 4.03. The van der Waals surface area contributed by atoms with Crippen LogP contribution in [-0.4, -0.2) is 32.7 Å². The third kappa shape index (κ3) is 4.32. The summed E-state index contributed by atoms with van der Waals surface area (Å²) < 4.78 is 23.9. The van der Waals surface area contributed by atoms with E-state index >= 15 is 0 Å². The molecule has 0 aliphatic heterocycles. The van der Waals surface area contributed by atoms with Crippen LogP contribution in [0.3, 0.4) is 0 Å². The van der Waals surface area contributed by atoms with Crippen molar-refractivity contribution in [2.75, 3.05) is 17.6 Å². The van der Waals surface area contributed by atoms with Crippen LogP contribution in [0.1, 0.15) is 19.4 Å². The van der Waals surface area contributed by atoms with Crippen LogP contribution in [0.25, 0.3) is 0 Å². The zero-order valence-electron chi connectivity index (χ0n) is 10.6. The molecule has 17 heavy (non-hydrogen) atoms. The molecule has 0 spiro atoms. The highest BCUT2D eigenvalue weighted by Gasteiger charge is 2.13. The van der Waals surface area contributed by atoms with Gasteiger partial charge >= 0.3 is 0 Å². The fourth-order valence-electron chi connectivity index (χ4n) is 1.23. The van der Waals surface area contributed by atoms with E-state index in [-0.39, 0.29) is 0 Å². The molecule has 5 nitrogen and oxygen atoms in total. The van der Waals surface area contributed by atoms with E-state index < -0.39 is 10.0 Å². The van der Waals surface area contributed by atoms with Crippen molar-refractivity contribution in [3.8, 4) is 0 Å². The minimum absolute atomic E-state index is 0.388. The summed E-state index contributed by atoms with van der Waals surface area (Å²) in [5.41, 5.74) is 1.01.